The lowest BCUT2D eigenvalue weighted by atomic mass is 10.0. The molecule has 0 aliphatic rings. The van der Waals surface area contributed by atoms with Crippen LogP contribution in [0.4, 0.5) is 4.79 Å². The molecule has 4 aromatic rings. The van der Waals surface area contributed by atoms with E-state index in [1.54, 1.807) is 19.2 Å². The summed E-state index contributed by atoms with van der Waals surface area (Å²) < 4.78 is 18.5. The van der Waals surface area contributed by atoms with Crippen molar-refractivity contribution < 1.29 is 24.1 Å². The van der Waals surface area contributed by atoms with Gasteiger partial charge in [0.2, 0.25) is 0 Å². The maximum atomic E-state index is 11.1. The molecule has 0 bridgehead atoms. The van der Waals surface area contributed by atoms with Crippen molar-refractivity contribution >= 4 is 17.2 Å². The second-order valence-electron chi connectivity index (χ2n) is 8.70. The Morgan fingerprint density at radius 2 is 1.78 bits per heavy atom. The van der Waals surface area contributed by atoms with Gasteiger partial charge in [-0.05, 0) is 42.2 Å². The van der Waals surface area contributed by atoms with E-state index in [0.29, 0.717) is 25.5 Å². The van der Waals surface area contributed by atoms with E-state index in [0.717, 1.165) is 64.1 Å². The van der Waals surface area contributed by atoms with Crippen LogP contribution in [0.5, 0.6) is 11.5 Å². The number of aryl methyl sites for hydroxylation is 2. The number of carboxylic acid groups (broad SMARTS) is 1. The molecule has 7 nitrogen and oxygen atoms in total. The highest BCUT2D eigenvalue weighted by Crippen LogP contribution is 2.33. The van der Waals surface area contributed by atoms with Gasteiger partial charge in [0.05, 0.1) is 12.1 Å². The minimum absolute atomic E-state index is 0.313. The first kappa shape index (κ1) is 25.3. The fourth-order valence-corrected chi connectivity index (χ4v) is 4.29. The summed E-state index contributed by atoms with van der Waals surface area (Å²) >= 11 is 0. The minimum atomic E-state index is -1.33. The number of hydrogen-bond donors (Lipinski definition) is 1. The normalized spacial score (nSPS) is 11.1. The van der Waals surface area contributed by atoms with Crippen LogP contribution in [-0.2, 0) is 17.7 Å². The molecule has 0 aliphatic carbocycles. The quantitative estimate of drug-likeness (QED) is 0.148. The first-order chi connectivity index (χ1) is 17.5. The van der Waals surface area contributed by atoms with E-state index in [-0.39, 0.29) is 0 Å². The third kappa shape index (κ3) is 5.69. The van der Waals surface area contributed by atoms with Gasteiger partial charge >= 0.3 is 6.16 Å². The van der Waals surface area contributed by atoms with E-state index >= 15 is 0 Å². The van der Waals surface area contributed by atoms with Gasteiger partial charge in [-0.25, -0.2) is 9.78 Å². The molecule has 0 saturated heterocycles. The van der Waals surface area contributed by atoms with Crippen molar-refractivity contribution in [3.8, 4) is 22.6 Å². The number of rotatable bonds is 11. The summed E-state index contributed by atoms with van der Waals surface area (Å²) in [6.45, 7) is 5.89. The molecule has 188 valence electrons. The van der Waals surface area contributed by atoms with Gasteiger partial charge in [-0.1, -0.05) is 61.9 Å². The van der Waals surface area contributed by atoms with Gasteiger partial charge in [0.25, 0.3) is 0 Å². The summed E-state index contributed by atoms with van der Waals surface area (Å²) in [5.74, 6) is 2.16. The number of hydrogen-bond acceptors (Lipinski definition) is 5. The average molecular weight is 489 g/mol. The van der Waals surface area contributed by atoms with Crippen molar-refractivity contribution in [1.29, 1.82) is 0 Å². The molecule has 0 radical (unpaired) electrons. The molecule has 0 saturated carbocycles. The Labute approximate surface area is 211 Å². The molecule has 7 heteroatoms. The van der Waals surface area contributed by atoms with E-state index in [9.17, 15) is 4.79 Å². The number of fused-ring (bicyclic) bond motifs is 1. The lowest BCUT2D eigenvalue weighted by Crippen LogP contribution is -2.08. The number of methoxy groups -OCH3 is 1. The van der Waals surface area contributed by atoms with Gasteiger partial charge in [0.15, 0.2) is 0 Å². The smallest absolute Gasteiger partial charge is 0.489 e. The number of carbonyl (C=O) groups is 1. The Bertz CT molecular complexity index is 1330. The van der Waals surface area contributed by atoms with E-state index in [1.807, 2.05) is 30.3 Å². The lowest BCUT2D eigenvalue weighted by molar-refractivity contribution is 0.144. The van der Waals surface area contributed by atoms with Gasteiger partial charge in [0, 0.05) is 25.6 Å². The highest BCUT2D eigenvalue weighted by Gasteiger charge is 2.18. The summed E-state index contributed by atoms with van der Waals surface area (Å²) in [6, 6.07) is 19.3. The number of nitrogens with zero attached hydrogens (tertiary/aromatic N) is 2. The SMILES string of the molecule is CCCCc1nc2c(C)ccc(OCCOC)c2n1Cc1ccc(-c2ccccc2OC(=O)O)cc1. The van der Waals surface area contributed by atoms with Crippen LogP contribution >= 0.6 is 0 Å². The van der Waals surface area contributed by atoms with Crippen LogP contribution in [0.3, 0.4) is 0 Å². The van der Waals surface area contributed by atoms with Crippen LogP contribution in [-0.4, -0.2) is 41.1 Å². The number of para-hydroxylation sites is 1. The van der Waals surface area contributed by atoms with Crippen LogP contribution < -0.4 is 9.47 Å². The predicted molar refractivity (Wildman–Crippen MR) is 140 cm³/mol. The fourth-order valence-electron chi connectivity index (χ4n) is 4.29. The largest absolute Gasteiger partial charge is 0.511 e. The average Bonchev–Trinajstić information content (AvgIpc) is 3.24. The van der Waals surface area contributed by atoms with Gasteiger partial charge in [-0.15, -0.1) is 0 Å². The van der Waals surface area contributed by atoms with E-state index in [1.165, 1.54) is 0 Å². The first-order valence-electron chi connectivity index (χ1n) is 12.2. The number of ether oxygens (including phenoxy) is 3. The summed E-state index contributed by atoms with van der Waals surface area (Å²) in [6.07, 6.45) is 1.71. The Kier molecular flexibility index (Phi) is 8.23. The molecule has 0 unspecified atom stereocenters. The zero-order valence-electron chi connectivity index (χ0n) is 21.0. The highest BCUT2D eigenvalue weighted by molar-refractivity contribution is 5.86. The van der Waals surface area contributed by atoms with Crippen LogP contribution in [0.15, 0.2) is 60.7 Å². The molecule has 36 heavy (non-hydrogen) atoms. The van der Waals surface area contributed by atoms with Crippen molar-refractivity contribution in [2.45, 2.75) is 39.7 Å². The van der Waals surface area contributed by atoms with Crippen molar-refractivity contribution in [2.24, 2.45) is 0 Å². The molecule has 3 aromatic carbocycles. The van der Waals surface area contributed by atoms with Crippen LogP contribution in [0.2, 0.25) is 0 Å². The third-order valence-corrected chi connectivity index (χ3v) is 6.13. The van der Waals surface area contributed by atoms with Crippen LogP contribution in [0.25, 0.3) is 22.2 Å². The molecular formula is C29H32N2O5. The van der Waals surface area contributed by atoms with E-state index in [4.69, 9.17) is 24.3 Å². The zero-order chi connectivity index (χ0) is 25.5. The Hall–Kier alpha value is -3.84. The van der Waals surface area contributed by atoms with Gasteiger partial charge < -0.3 is 23.9 Å². The van der Waals surface area contributed by atoms with Crippen molar-refractivity contribution in [3.63, 3.8) is 0 Å². The second-order valence-corrected chi connectivity index (χ2v) is 8.70. The summed E-state index contributed by atoms with van der Waals surface area (Å²) in [5.41, 5.74) is 5.81. The number of imidazole rings is 1. The Balaban J connectivity index is 1.70. The molecule has 0 atom stereocenters. The Morgan fingerprint density at radius 3 is 2.50 bits per heavy atom. The molecule has 1 heterocycles. The lowest BCUT2D eigenvalue weighted by Gasteiger charge is -2.14. The predicted octanol–water partition coefficient (Wildman–Crippen LogP) is 6.48. The van der Waals surface area contributed by atoms with Crippen molar-refractivity contribution in [2.75, 3.05) is 20.3 Å². The maximum Gasteiger partial charge on any atom is 0.511 e. The summed E-state index contributed by atoms with van der Waals surface area (Å²) in [5, 5.41) is 9.06. The highest BCUT2D eigenvalue weighted by atomic mass is 16.7. The van der Waals surface area contributed by atoms with Crippen molar-refractivity contribution in [1.82, 2.24) is 9.55 Å². The zero-order valence-corrected chi connectivity index (χ0v) is 21.0. The second kappa shape index (κ2) is 11.7. The van der Waals surface area contributed by atoms with E-state index in [2.05, 4.69) is 36.6 Å². The number of aromatic nitrogens is 2. The monoisotopic (exact) mass is 488 g/mol. The molecule has 0 aliphatic heterocycles. The van der Waals surface area contributed by atoms with Gasteiger partial charge in [-0.3, -0.25) is 0 Å². The minimum Gasteiger partial charge on any atom is -0.489 e. The summed E-state index contributed by atoms with van der Waals surface area (Å²) in [4.78, 5) is 16.1. The molecule has 0 spiro atoms. The maximum absolute atomic E-state index is 11.1. The molecule has 4 rings (SSSR count). The molecule has 1 N–H and O–H groups in total. The standard InChI is InChI=1S/C29H32N2O5/c1-4-5-10-26-30-27-20(2)11-16-25(35-18-17-34-3)28(27)31(26)19-21-12-14-22(15-13-21)23-8-6-7-9-24(23)36-29(32)33/h6-9,11-16H,4-5,10,17-19H2,1-3H3,(H,32,33). The topological polar surface area (TPSA) is 82.8 Å². The number of benzene rings is 3. The van der Waals surface area contributed by atoms with E-state index < -0.39 is 6.16 Å². The van der Waals surface area contributed by atoms with Crippen LogP contribution in [0.1, 0.15) is 36.7 Å². The molecule has 0 fully saturated rings. The summed E-state index contributed by atoms with van der Waals surface area (Å²) in [7, 11) is 1.66. The van der Waals surface area contributed by atoms with Crippen molar-refractivity contribution in [3.05, 3.63) is 77.6 Å². The van der Waals surface area contributed by atoms with Crippen LogP contribution in [0, 0.1) is 6.92 Å². The molecular weight excluding hydrogens is 456 g/mol. The Morgan fingerprint density at radius 1 is 1.00 bits per heavy atom. The number of unbranched alkanes of at least 4 members (excludes halogenated alkanes) is 1. The third-order valence-electron chi connectivity index (χ3n) is 6.13. The fraction of sp³-hybridized carbons (Fsp3) is 0.310. The van der Waals surface area contributed by atoms with Gasteiger partial charge in [-0.2, -0.15) is 0 Å². The van der Waals surface area contributed by atoms with Gasteiger partial charge in [0.1, 0.15) is 29.4 Å². The first-order valence-corrected chi connectivity index (χ1v) is 12.2. The molecule has 0 amide bonds. The molecule has 1 aromatic heterocycles.